The molecule has 0 amide bonds. The highest BCUT2D eigenvalue weighted by atomic mass is 16.5. The lowest BCUT2D eigenvalue weighted by molar-refractivity contribution is -0.444. The van der Waals surface area contributed by atoms with Gasteiger partial charge in [0, 0.05) is 58.1 Å². The van der Waals surface area contributed by atoms with Crippen molar-refractivity contribution < 1.29 is 14.1 Å². The summed E-state index contributed by atoms with van der Waals surface area (Å²) in [5.74, 6) is 0.675. The summed E-state index contributed by atoms with van der Waals surface area (Å²) in [6, 6.07) is 13.3. The van der Waals surface area contributed by atoms with Crippen LogP contribution in [0.15, 0.2) is 71.0 Å². The van der Waals surface area contributed by atoms with Gasteiger partial charge in [-0.15, -0.1) is 0 Å². The van der Waals surface area contributed by atoms with Gasteiger partial charge in [-0.25, -0.2) is 0 Å². The van der Waals surface area contributed by atoms with Crippen LogP contribution in [0, 0.1) is 12.8 Å². The van der Waals surface area contributed by atoms with E-state index in [1.807, 2.05) is 6.07 Å². The fourth-order valence-electron chi connectivity index (χ4n) is 8.78. The van der Waals surface area contributed by atoms with E-state index in [2.05, 4.69) is 86.6 Å². The number of ether oxygens (including phenoxy) is 1. The van der Waals surface area contributed by atoms with Crippen LogP contribution in [-0.2, 0) is 15.6 Å². The first-order valence-corrected chi connectivity index (χ1v) is 15.1. The SMILES string of the molecule is CC(=O)c1ccc2c(c1)C(C)(C)C1=C3C=C4C=C5C6=[N+](CC[C@@H]5C[C@@H]4OC3CCN12)c1ccc(C)cc1C6(C)C. The van der Waals surface area contributed by atoms with Crippen molar-refractivity contribution in [3.63, 3.8) is 0 Å². The van der Waals surface area contributed by atoms with E-state index in [1.165, 1.54) is 62.6 Å². The molecular weight excluding hydrogens is 492 g/mol. The van der Waals surface area contributed by atoms with Crippen LogP contribution in [-0.4, -0.2) is 41.4 Å². The maximum absolute atomic E-state index is 12.2. The molecule has 5 heterocycles. The number of allylic oxidation sites excluding steroid dienone is 2. The molecule has 1 aliphatic carbocycles. The molecule has 1 unspecified atom stereocenters. The van der Waals surface area contributed by atoms with E-state index >= 15 is 0 Å². The molecule has 0 fully saturated rings. The first-order chi connectivity index (χ1) is 19.1. The number of ketones is 1. The van der Waals surface area contributed by atoms with Gasteiger partial charge in [0.15, 0.2) is 11.5 Å². The number of nitrogens with zero attached hydrogens (tertiary/aromatic N) is 2. The lowest BCUT2D eigenvalue weighted by Crippen LogP contribution is -2.45. The highest BCUT2D eigenvalue weighted by molar-refractivity contribution is 6.08. The van der Waals surface area contributed by atoms with E-state index in [9.17, 15) is 4.79 Å². The van der Waals surface area contributed by atoms with Gasteiger partial charge in [-0.3, -0.25) is 4.79 Å². The Hall–Kier alpha value is -3.24. The van der Waals surface area contributed by atoms with E-state index in [4.69, 9.17) is 4.74 Å². The number of aryl methyl sites for hydroxylation is 1. The molecule has 0 saturated heterocycles. The summed E-state index contributed by atoms with van der Waals surface area (Å²) in [5, 5.41) is 0. The molecule has 204 valence electrons. The Morgan fingerprint density at radius 2 is 1.80 bits per heavy atom. The highest BCUT2D eigenvalue weighted by Crippen LogP contribution is 2.54. The molecule has 2 aromatic rings. The molecule has 4 heteroatoms. The molecule has 0 saturated carbocycles. The largest absolute Gasteiger partial charge is 0.365 e. The van der Waals surface area contributed by atoms with Gasteiger partial charge in [-0.1, -0.05) is 25.5 Å². The molecule has 6 aliphatic rings. The van der Waals surface area contributed by atoms with Crippen LogP contribution in [0.4, 0.5) is 11.4 Å². The highest BCUT2D eigenvalue weighted by Gasteiger charge is 2.53. The monoisotopic (exact) mass is 531 g/mol. The minimum atomic E-state index is -0.185. The number of carbonyl (C=O) groups is 1. The first kappa shape index (κ1) is 24.5. The van der Waals surface area contributed by atoms with Gasteiger partial charge in [0.25, 0.3) is 0 Å². The summed E-state index contributed by atoms with van der Waals surface area (Å²) < 4.78 is 9.58. The molecule has 5 aliphatic heterocycles. The van der Waals surface area contributed by atoms with E-state index in [0.29, 0.717) is 5.92 Å². The Balaban J connectivity index is 1.27. The molecule has 0 spiro atoms. The molecule has 3 atom stereocenters. The van der Waals surface area contributed by atoms with Crippen LogP contribution in [0.2, 0.25) is 0 Å². The summed E-state index contributed by atoms with van der Waals surface area (Å²) in [6.07, 6.45) is 8.56. The van der Waals surface area contributed by atoms with Crippen molar-refractivity contribution in [2.75, 3.05) is 18.0 Å². The van der Waals surface area contributed by atoms with Gasteiger partial charge in [-0.2, -0.15) is 4.58 Å². The Labute approximate surface area is 237 Å². The fourth-order valence-corrected chi connectivity index (χ4v) is 8.78. The minimum absolute atomic E-state index is 0.00957. The van der Waals surface area contributed by atoms with Gasteiger partial charge in [0.05, 0.1) is 17.6 Å². The van der Waals surface area contributed by atoms with Crippen LogP contribution < -0.4 is 4.90 Å². The molecule has 2 aromatic carbocycles. The van der Waals surface area contributed by atoms with Crippen LogP contribution in [0.3, 0.4) is 0 Å². The van der Waals surface area contributed by atoms with Gasteiger partial charge < -0.3 is 9.64 Å². The van der Waals surface area contributed by atoms with Crippen molar-refractivity contribution >= 4 is 22.9 Å². The molecule has 0 N–H and O–H groups in total. The van der Waals surface area contributed by atoms with Crippen LogP contribution in [0.25, 0.3) is 0 Å². The topological polar surface area (TPSA) is 32.5 Å². The Morgan fingerprint density at radius 1 is 0.975 bits per heavy atom. The molecule has 0 aromatic heterocycles. The quantitative estimate of drug-likeness (QED) is 0.291. The van der Waals surface area contributed by atoms with Crippen molar-refractivity contribution in [3.8, 4) is 0 Å². The normalized spacial score (nSPS) is 28.4. The van der Waals surface area contributed by atoms with Gasteiger partial charge in [0.1, 0.15) is 6.54 Å². The number of hydrogen-bond donors (Lipinski definition) is 0. The zero-order valence-electron chi connectivity index (χ0n) is 24.6. The summed E-state index contributed by atoms with van der Waals surface area (Å²) in [4.78, 5) is 14.7. The fraction of sp³-hybridized carbons (Fsp3) is 0.444. The van der Waals surface area contributed by atoms with Crippen LogP contribution >= 0.6 is 0 Å². The molecular formula is C36H39N2O2+. The molecule has 0 radical (unpaired) electrons. The second-order valence-corrected chi connectivity index (χ2v) is 13.9. The zero-order valence-corrected chi connectivity index (χ0v) is 24.6. The zero-order chi connectivity index (χ0) is 27.7. The van der Waals surface area contributed by atoms with E-state index in [1.54, 1.807) is 6.92 Å². The van der Waals surface area contributed by atoms with Crippen molar-refractivity contribution in [2.45, 2.75) is 83.8 Å². The second kappa shape index (κ2) is 7.94. The summed E-state index contributed by atoms with van der Waals surface area (Å²) in [6.45, 7) is 15.4. The molecule has 0 bridgehead atoms. The number of hydrogen-bond acceptors (Lipinski definition) is 3. The van der Waals surface area contributed by atoms with Gasteiger partial charge >= 0.3 is 0 Å². The van der Waals surface area contributed by atoms with Crippen LogP contribution in [0.1, 0.15) is 80.9 Å². The Kier molecular flexibility index (Phi) is 4.87. The van der Waals surface area contributed by atoms with Crippen molar-refractivity contribution in [2.24, 2.45) is 5.92 Å². The smallest absolute Gasteiger partial charge is 0.209 e. The Bertz CT molecular complexity index is 1660. The van der Waals surface area contributed by atoms with Crippen LogP contribution in [0.5, 0.6) is 0 Å². The molecule has 40 heavy (non-hydrogen) atoms. The number of carbonyl (C=O) groups excluding carboxylic acids is 1. The number of anilines is 1. The number of rotatable bonds is 1. The average molecular weight is 532 g/mol. The summed E-state index contributed by atoms with van der Waals surface area (Å²) >= 11 is 0. The lowest BCUT2D eigenvalue weighted by atomic mass is 9.69. The number of fused-ring (bicyclic) bond motifs is 9. The first-order valence-electron chi connectivity index (χ1n) is 15.1. The summed E-state index contributed by atoms with van der Waals surface area (Å²) in [7, 11) is 0. The van der Waals surface area contributed by atoms with Gasteiger partial charge in [-0.05, 0) is 94.0 Å². The van der Waals surface area contributed by atoms with E-state index in [0.717, 1.165) is 31.5 Å². The molecule has 4 nitrogen and oxygen atoms in total. The van der Waals surface area contributed by atoms with Crippen molar-refractivity contribution in [3.05, 3.63) is 93.2 Å². The average Bonchev–Trinajstić information content (AvgIpc) is 3.29. The Morgan fingerprint density at radius 3 is 2.60 bits per heavy atom. The molecule has 8 rings (SSSR count). The lowest BCUT2D eigenvalue weighted by Gasteiger charge is -2.44. The second-order valence-electron chi connectivity index (χ2n) is 13.9. The number of Topliss-reactive ketones (excluding diaryl/α,β-unsaturated/α-hetero) is 1. The maximum atomic E-state index is 12.2. The third-order valence-corrected chi connectivity index (χ3v) is 10.7. The predicted octanol–water partition coefficient (Wildman–Crippen LogP) is 7.07. The predicted molar refractivity (Wildman–Crippen MR) is 160 cm³/mol. The number of benzene rings is 2. The third-order valence-electron chi connectivity index (χ3n) is 10.7. The third kappa shape index (κ3) is 3.12. The van der Waals surface area contributed by atoms with Crippen molar-refractivity contribution in [1.82, 2.24) is 0 Å². The van der Waals surface area contributed by atoms with Gasteiger partial charge in [0.2, 0.25) is 5.69 Å². The standard InChI is InChI=1S/C36H39N2O2/c1-20-7-9-29-27(15-20)35(3,4)33-25-16-24-17-26-31(40-32(24)19-23(25)11-13-37(29)33)12-14-38-30-10-8-22(21(2)39)18-28(30)36(5,6)34(26)38/h7-10,15-18,23,31-32H,11-14,19H2,1-6H3/q+1/t23-,31?,32+/m1/s1. The maximum Gasteiger partial charge on any atom is 0.209 e. The van der Waals surface area contributed by atoms with E-state index < -0.39 is 0 Å². The van der Waals surface area contributed by atoms with Crippen molar-refractivity contribution in [1.29, 1.82) is 0 Å². The minimum Gasteiger partial charge on any atom is -0.365 e. The van der Waals surface area contributed by atoms with E-state index in [-0.39, 0.29) is 28.8 Å². The summed E-state index contributed by atoms with van der Waals surface area (Å²) in [5.41, 5.74) is 14.3.